The first-order chi connectivity index (χ1) is 12.9. The Balaban J connectivity index is 0.00000280. The Kier molecular flexibility index (Phi) is 8.08. The lowest BCUT2D eigenvalue weighted by Crippen LogP contribution is -2.49. The van der Waals surface area contributed by atoms with Crippen molar-refractivity contribution < 1.29 is 17.9 Å². The van der Waals surface area contributed by atoms with Gasteiger partial charge >= 0.3 is 0 Å². The van der Waals surface area contributed by atoms with E-state index in [1.807, 2.05) is 0 Å². The summed E-state index contributed by atoms with van der Waals surface area (Å²) in [6, 6.07) is 5.27. The molecule has 2 fully saturated rings. The van der Waals surface area contributed by atoms with Gasteiger partial charge < -0.3 is 15.4 Å². The van der Waals surface area contributed by atoms with Crippen molar-refractivity contribution in [3.63, 3.8) is 0 Å². The largest absolute Gasteiger partial charge is 0.495 e. The van der Waals surface area contributed by atoms with Gasteiger partial charge in [0.15, 0.2) is 0 Å². The zero-order valence-electron chi connectivity index (χ0n) is 16.3. The highest BCUT2D eigenvalue weighted by molar-refractivity contribution is 7.89. The topological polar surface area (TPSA) is 91.0 Å². The first kappa shape index (κ1) is 22.9. The lowest BCUT2D eigenvalue weighted by molar-refractivity contribution is -0.119. The van der Waals surface area contributed by atoms with Crippen molar-refractivity contribution in [1.82, 2.24) is 19.8 Å². The third-order valence-corrected chi connectivity index (χ3v) is 7.07. The molecule has 1 unspecified atom stereocenters. The third-order valence-electron chi connectivity index (χ3n) is 5.18. The second kappa shape index (κ2) is 9.89. The Morgan fingerprint density at radius 2 is 2.00 bits per heavy atom. The molecule has 0 aromatic heterocycles. The molecule has 0 radical (unpaired) electrons. The number of methoxy groups -OCH3 is 1. The van der Waals surface area contributed by atoms with Crippen LogP contribution >= 0.6 is 12.4 Å². The predicted molar refractivity (Wildman–Crippen MR) is 109 cm³/mol. The van der Waals surface area contributed by atoms with Crippen LogP contribution < -0.4 is 15.4 Å². The molecule has 158 valence electrons. The number of hydrogen-bond donors (Lipinski definition) is 2. The van der Waals surface area contributed by atoms with E-state index in [1.165, 1.54) is 14.0 Å². The lowest BCUT2D eigenvalue weighted by Gasteiger charge is -2.32. The van der Waals surface area contributed by atoms with Gasteiger partial charge in [-0.1, -0.05) is 6.07 Å². The number of piperazine rings is 1. The highest BCUT2D eigenvalue weighted by Crippen LogP contribution is 2.31. The van der Waals surface area contributed by atoms with Gasteiger partial charge in [0.05, 0.1) is 7.11 Å². The minimum Gasteiger partial charge on any atom is -0.495 e. The fourth-order valence-electron chi connectivity index (χ4n) is 3.67. The number of nitrogens with one attached hydrogen (secondary N) is 2. The normalized spacial score (nSPS) is 21.1. The van der Waals surface area contributed by atoms with Crippen molar-refractivity contribution in [2.75, 3.05) is 46.4 Å². The molecule has 2 heterocycles. The molecule has 10 heteroatoms. The van der Waals surface area contributed by atoms with Crippen LogP contribution in [0.15, 0.2) is 23.1 Å². The monoisotopic (exact) mass is 432 g/mol. The van der Waals surface area contributed by atoms with Crippen molar-refractivity contribution in [2.45, 2.75) is 30.8 Å². The molecule has 1 atom stereocenters. The molecule has 0 saturated carbocycles. The van der Waals surface area contributed by atoms with Crippen molar-refractivity contribution in [3.8, 4) is 5.75 Å². The van der Waals surface area contributed by atoms with Crippen LogP contribution in [0.2, 0.25) is 0 Å². The molecular formula is C18H29ClN4O4S. The van der Waals surface area contributed by atoms with Crippen LogP contribution in [0.25, 0.3) is 0 Å². The average Bonchev–Trinajstić information content (AvgIpc) is 3.18. The van der Waals surface area contributed by atoms with E-state index in [4.69, 9.17) is 4.74 Å². The van der Waals surface area contributed by atoms with Crippen LogP contribution in [0.3, 0.4) is 0 Å². The maximum absolute atomic E-state index is 13.3. The van der Waals surface area contributed by atoms with Crippen LogP contribution in [0, 0.1) is 0 Å². The summed E-state index contributed by atoms with van der Waals surface area (Å²) in [7, 11) is -2.19. The molecule has 0 aliphatic carbocycles. The zero-order chi connectivity index (χ0) is 19.4. The van der Waals surface area contributed by atoms with Crippen molar-refractivity contribution in [3.05, 3.63) is 23.8 Å². The van der Waals surface area contributed by atoms with Gasteiger partial charge in [-0.15, -0.1) is 12.4 Å². The average molecular weight is 433 g/mol. The molecule has 2 aliphatic rings. The smallest absolute Gasteiger partial charge is 0.246 e. The van der Waals surface area contributed by atoms with E-state index in [9.17, 15) is 13.2 Å². The molecule has 2 N–H and O–H groups in total. The summed E-state index contributed by atoms with van der Waals surface area (Å²) in [6.07, 6.45) is 0.840. The standard InChI is InChI=1S/C18H28N4O4S.ClH/c1-14(23)20-12-15-3-4-17(26-2)18(11-15)27(24,25)22-8-5-16(13-22)21-9-6-19-7-10-21;/h3-4,11,16,19H,5-10,12-13H2,1-2H3,(H,20,23);1H. The zero-order valence-corrected chi connectivity index (χ0v) is 17.9. The number of sulfonamides is 1. The third kappa shape index (κ3) is 5.15. The van der Waals surface area contributed by atoms with Crippen LogP contribution in [0.5, 0.6) is 5.75 Å². The second-order valence-electron chi connectivity index (χ2n) is 6.99. The number of hydrogen-bond acceptors (Lipinski definition) is 6. The highest BCUT2D eigenvalue weighted by atomic mass is 35.5. The Morgan fingerprint density at radius 1 is 1.29 bits per heavy atom. The molecule has 1 aromatic rings. The van der Waals surface area contributed by atoms with Crippen molar-refractivity contribution >= 4 is 28.3 Å². The van der Waals surface area contributed by atoms with Crippen LogP contribution in [0.4, 0.5) is 0 Å². The summed E-state index contributed by atoms with van der Waals surface area (Å²) in [6.45, 7) is 6.52. The van der Waals surface area contributed by atoms with Gasteiger partial charge in [0.1, 0.15) is 10.6 Å². The van der Waals surface area contributed by atoms with Crippen LogP contribution in [0.1, 0.15) is 18.9 Å². The molecule has 0 spiro atoms. The first-order valence-electron chi connectivity index (χ1n) is 9.28. The van der Waals surface area contributed by atoms with E-state index in [0.717, 1.165) is 38.2 Å². The summed E-state index contributed by atoms with van der Waals surface area (Å²) in [5.41, 5.74) is 0.724. The fraction of sp³-hybridized carbons (Fsp3) is 0.611. The number of rotatable bonds is 6. The van der Waals surface area contributed by atoms with Gasteiger partial charge in [-0.3, -0.25) is 9.69 Å². The molecule has 3 rings (SSSR count). The SMILES string of the molecule is COc1ccc(CNC(C)=O)cc1S(=O)(=O)N1CCC(N2CCNCC2)C1.Cl. The maximum atomic E-state index is 13.3. The summed E-state index contributed by atoms with van der Waals surface area (Å²) < 4.78 is 33.4. The lowest BCUT2D eigenvalue weighted by atomic mass is 10.2. The van der Waals surface area contributed by atoms with E-state index in [0.29, 0.717) is 18.8 Å². The Morgan fingerprint density at radius 3 is 2.64 bits per heavy atom. The van der Waals surface area contributed by atoms with Crippen LogP contribution in [-0.4, -0.2) is 76.0 Å². The number of ether oxygens (including phenoxy) is 1. The number of benzene rings is 1. The minimum absolute atomic E-state index is 0. The Labute approximate surface area is 173 Å². The predicted octanol–water partition coefficient (Wildman–Crippen LogP) is 0.421. The molecule has 0 bridgehead atoms. The van der Waals surface area contributed by atoms with Gasteiger partial charge in [-0.05, 0) is 24.1 Å². The van der Waals surface area contributed by atoms with Gasteiger partial charge in [0.25, 0.3) is 0 Å². The number of nitrogens with zero attached hydrogens (tertiary/aromatic N) is 2. The molecule has 1 aromatic carbocycles. The molecule has 2 aliphatic heterocycles. The Bertz CT molecular complexity index is 784. The minimum atomic E-state index is -3.66. The van der Waals surface area contributed by atoms with E-state index < -0.39 is 10.0 Å². The highest BCUT2D eigenvalue weighted by Gasteiger charge is 2.36. The summed E-state index contributed by atoms with van der Waals surface area (Å²) in [4.78, 5) is 13.7. The number of carbonyl (C=O) groups excluding carboxylic acids is 1. The van der Waals surface area contributed by atoms with E-state index >= 15 is 0 Å². The van der Waals surface area contributed by atoms with Gasteiger partial charge in [0, 0.05) is 58.8 Å². The van der Waals surface area contributed by atoms with Gasteiger partial charge in [-0.2, -0.15) is 4.31 Å². The number of amides is 1. The van der Waals surface area contributed by atoms with Crippen molar-refractivity contribution in [1.29, 1.82) is 0 Å². The molecular weight excluding hydrogens is 404 g/mol. The molecule has 2 saturated heterocycles. The Hall–Kier alpha value is -1.39. The quantitative estimate of drug-likeness (QED) is 0.677. The van der Waals surface area contributed by atoms with E-state index in [2.05, 4.69) is 15.5 Å². The van der Waals surface area contributed by atoms with Crippen molar-refractivity contribution in [2.24, 2.45) is 0 Å². The summed E-state index contributed by atoms with van der Waals surface area (Å²) in [5.74, 6) is 0.167. The number of halogens is 1. The summed E-state index contributed by atoms with van der Waals surface area (Å²) in [5, 5.41) is 6.02. The maximum Gasteiger partial charge on any atom is 0.246 e. The summed E-state index contributed by atoms with van der Waals surface area (Å²) >= 11 is 0. The van der Waals surface area contributed by atoms with Gasteiger partial charge in [-0.25, -0.2) is 8.42 Å². The molecule has 28 heavy (non-hydrogen) atoms. The van der Waals surface area contributed by atoms with E-state index in [1.54, 1.807) is 22.5 Å². The van der Waals surface area contributed by atoms with E-state index in [-0.39, 0.29) is 35.8 Å². The fourth-order valence-corrected chi connectivity index (χ4v) is 5.37. The first-order valence-corrected chi connectivity index (χ1v) is 10.7. The van der Waals surface area contributed by atoms with Gasteiger partial charge in [0.2, 0.25) is 15.9 Å². The molecule has 1 amide bonds. The second-order valence-corrected chi connectivity index (χ2v) is 8.89. The van der Waals surface area contributed by atoms with Crippen LogP contribution in [-0.2, 0) is 21.4 Å². The number of carbonyl (C=O) groups is 1. The molecule has 8 nitrogen and oxygen atoms in total.